The molecule has 1 aromatic carbocycles. The van der Waals surface area contributed by atoms with E-state index in [1.54, 1.807) is 12.1 Å². The number of amides is 2. The van der Waals surface area contributed by atoms with Crippen LogP contribution in [0.5, 0.6) is 0 Å². The zero-order valence-electron chi connectivity index (χ0n) is 12.9. The van der Waals surface area contributed by atoms with Crippen LogP contribution in [0.1, 0.15) is 16.1 Å². The van der Waals surface area contributed by atoms with E-state index in [9.17, 15) is 19.7 Å². The van der Waals surface area contributed by atoms with Gasteiger partial charge in [-0.2, -0.15) is 0 Å². The van der Waals surface area contributed by atoms with Gasteiger partial charge in [0.15, 0.2) is 5.11 Å². The molecule has 0 bridgehead atoms. The van der Waals surface area contributed by atoms with Crippen LogP contribution in [0.25, 0.3) is 6.08 Å². The molecule has 0 unspecified atom stereocenters. The minimum Gasteiger partial charge on any atom is -0.465 e. The van der Waals surface area contributed by atoms with Crippen LogP contribution in [0.15, 0.2) is 47.1 Å². The van der Waals surface area contributed by atoms with Crippen LogP contribution >= 0.6 is 23.8 Å². The summed E-state index contributed by atoms with van der Waals surface area (Å²) in [5, 5.41) is 12.9. The van der Waals surface area contributed by atoms with E-state index in [4.69, 9.17) is 28.2 Å². The number of nitrogens with zero attached hydrogens (tertiary/aromatic N) is 1. The molecule has 1 heterocycles. The highest BCUT2D eigenvalue weighted by atomic mass is 35.5. The smallest absolute Gasteiger partial charge is 0.288 e. The maximum atomic E-state index is 12.0. The molecule has 0 aliphatic rings. The zero-order chi connectivity index (χ0) is 19.1. The van der Waals surface area contributed by atoms with Crippen LogP contribution in [0.4, 0.5) is 5.69 Å². The number of nitro benzene ring substituents is 1. The third kappa shape index (κ3) is 5.40. The van der Waals surface area contributed by atoms with Crippen molar-refractivity contribution >= 4 is 52.5 Å². The predicted octanol–water partition coefficient (Wildman–Crippen LogP) is 2.19. The number of benzene rings is 1. The molecular formula is C15H11ClN4O5S. The van der Waals surface area contributed by atoms with Crippen molar-refractivity contribution in [3.8, 4) is 0 Å². The number of nitrogens with one attached hydrogen (secondary N) is 3. The molecule has 0 atom stereocenters. The number of hydrazine groups is 1. The second-order valence-electron chi connectivity index (χ2n) is 4.67. The number of halogens is 1. The molecule has 1 aromatic heterocycles. The van der Waals surface area contributed by atoms with Crippen LogP contribution in [-0.4, -0.2) is 21.9 Å². The molecule has 26 heavy (non-hydrogen) atoms. The summed E-state index contributed by atoms with van der Waals surface area (Å²) >= 11 is 10.5. The Bertz CT molecular complexity index is 882. The average Bonchev–Trinajstić information content (AvgIpc) is 3.11. The number of furan rings is 1. The maximum Gasteiger partial charge on any atom is 0.288 e. The molecule has 2 aromatic rings. The molecule has 0 saturated carbocycles. The van der Waals surface area contributed by atoms with Crippen LogP contribution in [0.2, 0.25) is 5.02 Å². The Morgan fingerprint density at radius 1 is 1.27 bits per heavy atom. The van der Waals surface area contributed by atoms with Gasteiger partial charge >= 0.3 is 0 Å². The lowest BCUT2D eigenvalue weighted by molar-refractivity contribution is -0.384. The summed E-state index contributed by atoms with van der Waals surface area (Å²) in [4.78, 5) is 33.7. The molecule has 3 N–H and O–H groups in total. The first-order valence-electron chi connectivity index (χ1n) is 6.93. The van der Waals surface area contributed by atoms with Gasteiger partial charge in [0, 0.05) is 17.7 Å². The molecule has 2 amide bonds. The Balaban J connectivity index is 1.87. The minimum absolute atomic E-state index is 0.0135. The van der Waals surface area contributed by atoms with Gasteiger partial charge in [0.2, 0.25) is 5.91 Å². The van der Waals surface area contributed by atoms with Gasteiger partial charge in [-0.25, -0.2) is 0 Å². The largest absolute Gasteiger partial charge is 0.465 e. The lowest BCUT2D eigenvalue weighted by Gasteiger charge is -2.09. The predicted molar refractivity (Wildman–Crippen MR) is 97.2 cm³/mol. The summed E-state index contributed by atoms with van der Waals surface area (Å²) < 4.78 is 5.02. The molecule has 0 spiro atoms. The Morgan fingerprint density at radius 3 is 2.69 bits per heavy atom. The van der Waals surface area contributed by atoms with Crippen LogP contribution in [-0.2, 0) is 4.79 Å². The van der Waals surface area contributed by atoms with E-state index in [-0.39, 0.29) is 15.7 Å². The Labute approximate surface area is 157 Å². The van der Waals surface area contributed by atoms with Crippen molar-refractivity contribution in [3.63, 3.8) is 0 Å². The van der Waals surface area contributed by atoms with Crippen molar-refractivity contribution in [2.75, 3.05) is 0 Å². The molecule has 134 valence electrons. The Morgan fingerprint density at radius 2 is 2.04 bits per heavy atom. The lowest BCUT2D eigenvalue weighted by Crippen LogP contribution is -2.48. The molecule has 9 nitrogen and oxygen atoms in total. The van der Waals surface area contributed by atoms with Crippen LogP contribution in [0, 0.1) is 10.1 Å². The second kappa shape index (κ2) is 8.74. The summed E-state index contributed by atoms with van der Waals surface area (Å²) in [5.41, 5.74) is 4.10. The van der Waals surface area contributed by atoms with Gasteiger partial charge in [-0.05, 0) is 42.6 Å². The molecule has 0 aliphatic carbocycles. The highest BCUT2D eigenvalue weighted by Crippen LogP contribution is 2.24. The highest BCUT2D eigenvalue weighted by molar-refractivity contribution is 7.80. The van der Waals surface area contributed by atoms with Crippen molar-refractivity contribution in [2.24, 2.45) is 0 Å². The number of hydrogen-bond donors (Lipinski definition) is 3. The zero-order valence-corrected chi connectivity index (χ0v) is 14.5. The van der Waals surface area contributed by atoms with Crippen molar-refractivity contribution in [2.45, 2.75) is 0 Å². The maximum absolute atomic E-state index is 12.0. The van der Waals surface area contributed by atoms with Crippen molar-refractivity contribution in [3.05, 3.63) is 69.1 Å². The third-order valence-corrected chi connectivity index (χ3v) is 3.40. The molecule has 0 radical (unpaired) electrons. The summed E-state index contributed by atoms with van der Waals surface area (Å²) in [7, 11) is 0. The van der Waals surface area contributed by atoms with E-state index in [0.717, 1.165) is 6.07 Å². The highest BCUT2D eigenvalue weighted by Gasteiger charge is 2.16. The van der Waals surface area contributed by atoms with Gasteiger partial charge in [-0.15, -0.1) is 0 Å². The van der Waals surface area contributed by atoms with Gasteiger partial charge in [0.05, 0.1) is 11.2 Å². The fourth-order valence-corrected chi connectivity index (χ4v) is 2.05. The Hall–Kier alpha value is -3.24. The van der Waals surface area contributed by atoms with Crippen molar-refractivity contribution in [1.29, 1.82) is 0 Å². The summed E-state index contributed by atoms with van der Waals surface area (Å²) in [6.07, 6.45) is 4.08. The lowest BCUT2D eigenvalue weighted by atomic mass is 10.2. The average molecular weight is 395 g/mol. The fourth-order valence-electron chi connectivity index (χ4n) is 1.71. The van der Waals surface area contributed by atoms with E-state index < -0.39 is 22.4 Å². The van der Waals surface area contributed by atoms with E-state index in [2.05, 4.69) is 16.2 Å². The van der Waals surface area contributed by atoms with Gasteiger partial charge in [-0.3, -0.25) is 35.9 Å². The first kappa shape index (κ1) is 19.1. The summed E-state index contributed by atoms with van der Waals surface area (Å²) in [5.74, 6) is -0.764. The summed E-state index contributed by atoms with van der Waals surface area (Å²) in [6.45, 7) is 0. The van der Waals surface area contributed by atoms with E-state index in [1.807, 2.05) is 0 Å². The minimum atomic E-state index is -0.706. The van der Waals surface area contributed by atoms with Gasteiger partial charge in [-0.1, -0.05) is 11.6 Å². The monoisotopic (exact) mass is 394 g/mol. The standard InChI is InChI=1S/C15H11ClN4O5S/c16-11-5-3-9(8-12(11)20(23)24)14(22)18-19-15(26)17-13(21)6-4-10-2-1-7-25-10/h1-8H,(H,18,22)(H2,17,19,21,26). The van der Waals surface area contributed by atoms with Crippen LogP contribution < -0.4 is 16.2 Å². The number of carbonyl (C=O) groups is 2. The van der Waals surface area contributed by atoms with E-state index in [1.165, 1.54) is 30.5 Å². The molecule has 0 aliphatic heterocycles. The van der Waals surface area contributed by atoms with Crippen LogP contribution in [0.3, 0.4) is 0 Å². The van der Waals surface area contributed by atoms with Gasteiger partial charge < -0.3 is 4.42 Å². The molecule has 0 saturated heterocycles. The SMILES string of the molecule is O=C(C=Cc1ccco1)NC(=S)NNC(=O)c1ccc(Cl)c([N+](=O)[O-])c1. The Kier molecular flexibility index (Phi) is 6.42. The summed E-state index contributed by atoms with van der Waals surface area (Å²) in [6, 6.07) is 6.88. The quantitative estimate of drug-likeness (QED) is 0.314. The second-order valence-corrected chi connectivity index (χ2v) is 5.49. The first-order chi connectivity index (χ1) is 12.4. The van der Waals surface area contributed by atoms with Gasteiger partial charge in [0.25, 0.3) is 11.6 Å². The molecule has 11 heteroatoms. The number of thiocarbonyl (C=S) groups is 1. The van der Waals surface area contributed by atoms with E-state index >= 15 is 0 Å². The van der Waals surface area contributed by atoms with Crippen molar-refractivity contribution in [1.82, 2.24) is 16.2 Å². The molecule has 0 fully saturated rings. The number of nitro groups is 1. The number of carbonyl (C=O) groups excluding carboxylic acids is 2. The normalized spacial score (nSPS) is 10.3. The van der Waals surface area contributed by atoms with Crippen molar-refractivity contribution < 1.29 is 18.9 Å². The number of rotatable bonds is 4. The third-order valence-electron chi connectivity index (χ3n) is 2.87. The molecule has 2 rings (SSSR count). The first-order valence-corrected chi connectivity index (χ1v) is 7.72. The number of hydrogen-bond acceptors (Lipinski definition) is 6. The topological polar surface area (TPSA) is 127 Å². The van der Waals surface area contributed by atoms with E-state index in [0.29, 0.717) is 5.76 Å². The molecular weight excluding hydrogens is 384 g/mol. The fraction of sp³-hybridized carbons (Fsp3) is 0. The van der Waals surface area contributed by atoms with Gasteiger partial charge in [0.1, 0.15) is 10.8 Å².